The fraction of sp³-hybridized carbons (Fsp3) is 0.421. The Kier molecular flexibility index (Phi) is 5.21. The van der Waals surface area contributed by atoms with E-state index in [1.807, 2.05) is 42.2 Å². The quantitative estimate of drug-likeness (QED) is 0.788. The number of nitriles is 1. The van der Waals surface area contributed by atoms with Crippen LogP contribution in [0.25, 0.3) is 0 Å². The molecule has 0 amide bonds. The van der Waals surface area contributed by atoms with Gasteiger partial charge in [0.15, 0.2) is 5.56 Å². The number of hydrogen-bond donors (Lipinski definition) is 0. The van der Waals surface area contributed by atoms with Crippen molar-refractivity contribution < 1.29 is 4.74 Å². The van der Waals surface area contributed by atoms with Crippen LogP contribution in [0, 0.1) is 11.3 Å². The molecule has 1 aromatic carbocycles. The molecule has 1 saturated heterocycles. The van der Waals surface area contributed by atoms with Crippen molar-refractivity contribution in [2.75, 3.05) is 42.6 Å². The number of hydrogen-bond acceptors (Lipinski definition) is 6. The average molecular weight is 369 g/mol. The minimum Gasteiger partial charge on any atom is -0.492 e. The van der Waals surface area contributed by atoms with E-state index in [1.165, 1.54) is 11.6 Å². The summed E-state index contributed by atoms with van der Waals surface area (Å²) in [5.74, 6) is 1.23. The van der Waals surface area contributed by atoms with E-state index in [0.717, 1.165) is 16.0 Å². The van der Waals surface area contributed by atoms with Gasteiger partial charge >= 0.3 is 5.69 Å². The lowest BCUT2D eigenvalue weighted by Gasteiger charge is -2.38. The number of aromatic nitrogens is 2. The third-order valence-electron chi connectivity index (χ3n) is 4.83. The SMILES string of the molecule is CCOc1ccccc1N1CCN(c2c(C#N)c(=O)n(C)c(=O)n2C)CC1. The lowest BCUT2D eigenvalue weighted by atomic mass is 10.2. The van der Waals surface area contributed by atoms with Gasteiger partial charge in [-0.15, -0.1) is 0 Å². The summed E-state index contributed by atoms with van der Waals surface area (Å²) in [6.07, 6.45) is 0. The average Bonchev–Trinajstić information content (AvgIpc) is 2.70. The number of para-hydroxylation sites is 2. The Balaban J connectivity index is 1.89. The maximum atomic E-state index is 12.3. The van der Waals surface area contributed by atoms with Crippen molar-refractivity contribution in [1.29, 1.82) is 5.26 Å². The highest BCUT2D eigenvalue weighted by molar-refractivity contribution is 5.60. The van der Waals surface area contributed by atoms with Crippen molar-refractivity contribution in [3.8, 4) is 11.8 Å². The molecular formula is C19H23N5O3. The largest absolute Gasteiger partial charge is 0.492 e. The van der Waals surface area contributed by atoms with Gasteiger partial charge in [-0.2, -0.15) is 5.26 Å². The first-order chi connectivity index (χ1) is 13.0. The third-order valence-corrected chi connectivity index (χ3v) is 4.83. The summed E-state index contributed by atoms with van der Waals surface area (Å²) in [6.45, 7) is 5.12. The highest BCUT2D eigenvalue weighted by atomic mass is 16.5. The zero-order chi connectivity index (χ0) is 19.6. The van der Waals surface area contributed by atoms with Crippen LogP contribution >= 0.6 is 0 Å². The molecule has 0 N–H and O–H groups in total. The Morgan fingerprint density at radius 2 is 1.67 bits per heavy atom. The van der Waals surface area contributed by atoms with E-state index in [9.17, 15) is 14.9 Å². The van der Waals surface area contributed by atoms with Crippen LogP contribution in [0.15, 0.2) is 33.9 Å². The van der Waals surface area contributed by atoms with E-state index < -0.39 is 11.2 Å². The van der Waals surface area contributed by atoms with Crippen LogP contribution in [0.5, 0.6) is 5.75 Å². The van der Waals surface area contributed by atoms with E-state index in [1.54, 1.807) is 7.05 Å². The van der Waals surface area contributed by atoms with Crippen molar-refractivity contribution in [3.05, 3.63) is 50.7 Å². The zero-order valence-corrected chi connectivity index (χ0v) is 15.8. The second-order valence-corrected chi connectivity index (χ2v) is 6.39. The van der Waals surface area contributed by atoms with Crippen molar-refractivity contribution in [3.63, 3.8) is 0 Å². The molecule has 1 aromatic heterocycles. The first kappa shape index (κ1) is 18.6. The van der Waals surface area contributed by atoms with Gasteiger partial charge in [0, 0.05) is 40.3 Å². The van der Waals surface area contributed by atoms with Gasteiger partial charge in [0.05, 0.1) is 12.3 Å². The van der Waals surface area contributed by atoms with E-state index in [4.69, 9.17) is 4.74 Å². The van der Waals surface area contributed by atoms with Crippen molar-refractivity contribution >= 4 is 11.5 Å². The number of piperazine rings is 1. The molecule has 2 heterocycles. The summed E-state index contributed by atoms with van der Waals surface area (Å²) in [7, 11) is 2.98. The Labute approximate surface area is 157 Å². The Hall–Kier alpha value is -3.21. The molecular weight excluding hydrogens is 346 g/mol. The summed E-state index contributed by atoms with van der Waals surface area (Å²) < 4.78 is 8.06. The van der Waals surface area contributed by atoms with Crippen molar-refractivity contribution in [2.24, 2.45) is 14.1 Å². The third kappa shape index (κ3) is 3.28. The number of rotatable bonds is 4. The molecule has 0 aliphatic carbocycles. The summed E-state index contributed by atoms with van der Waals surface area (Å²) in [6, 6.07) is 9.86. The normalized spacial score (nSPS) is 14.1. The maximum Gasteiger partial charge on any atom is 0.332 e. The predicted octanol–water partition coefficient (Wildman–Crippen LogP) is 0.681. The first-order valence-electron chi connectivity index (χ1n) is 8.91. The molecule has 0 bridgehead atoms. The molecule has 0 spiro atoms. The second kappa shape index (κ2) is 7.58. The van der Waals surface area contributed by atoms with E-state index in [2.05, 4.69) is 4.90 Å². The molecule has 27 heavy (non-hydrogen) atoms. The van der Waals surface area contributed by atoms with Gasteiger partial charge < -0.3 is 14.5 Å². The molecule has 0 radical (unpaired) electrons. The lowest BCUT2D eigenvalue weighted by molar-refractivity contribution is 0.340. The van der Waals surface area contributed by atoms with Gasteiger partial charge in [-0.25, -0.2) is 4.79 Å². The van der Waals surface area contributed by atoms with Crippen molar-refractivity contribution in [2.45, 2.75) is 6.92 Å². The van der Waals surface area contributed by atoms with Crippen molar-refractivity contribution in [1.82, 2.24) is 9.13 Å². The summed E-state index contributed by atoms with van der Waals surface area (Å²) in [4.78, 5) is 28.7. The number of benzene rings is 1. The van der Waals surface area contributed by atoms with Gasteiger partial charge in [-0.05, 0) is 19.1 Å². The zero-order valence-electron chi connectivity index (χ0n) is 15.8. The summed E-state index contributed by atoms with van der Waals surface area (Å²) in [5.41, 5.74) is 0.0398. The minimum atomic E-state index is -0.556. The topological polar surface area (TPSA) is 83.5 Å². The highest BCUT2D eigenvalue weighted by Gasteiger charge is 2.25. The first-order valence-corrected chi connectivity index (χ1v) is 8.91. The molecule has 3 rings (SSSR count). The van der Waals surface area contributed by atoms with Crippen LogP contribution in [0.1, 0.15) is 12.5 Å². The Bertz CT molecular complexity index is 994. The van der Waals surface area contributed by atoms with Gasteiger partial charge in [-0.1, -0.05) is 12.1 Å². The number of ether oxygens (including phenoxy) is 1. The highest BCUT2D eigenvalue weighted by Crippen LogP contribution is 2.29. The Morgan fingerprint density at radius 3 is 2.30 bits per heavy atom. The summed E-state index contributed by atoms with van der Waals surface area (Å²) >= 11 is 0. The predicted molar refractivity (Wildman–Crippen MR) is 104 cm³/mol. The molecule has 142 valence electrons. The van der Waals surface area contributed by atoms with Gasteiger partial charge in [0.1, 0.15) is 17.6 Å². The number of anilines is 2. The molecule has 0 saturated carbocycles. The monoisotopic (exact) mass is 369 g/mol. The van der Waals surface area contributed by atoms with Crippen LogP contribution in [0.3, 0.4) is 0 Å². The lowest BCUT2D eigenvalue weighted by Crippen LogP contribution is -2.50. The molecule has 1 aliphatic rings. The van der Waals surface area contributed by atoms with Crippen LogP contribution in [0.2, 0.25) is 0 Å². The molecule has 8 nitrogen and oxygen atoms in total. The van der Waals surface area contributed by atoms with Gasteiger partial charge in [-0.3, -0.25) is 13.9 Å². The van der Waals surface area contributed by atoms with E-state index in [0.29, 0.717) is 38.6 Å². The maximum absolute atomic E-state index is 12.3. The fourth-order valence-electron chi connectivity index (χ4n) is 3.46. The molecule has 0 atom stereocenters. The van der Waals surface area contributed by atoms with Crippen LogP contribution in [-0.4, -0.2) is 41.9 Å². The molecule has 1 fully saturated rings. The van der Waals surface area contributed by atoms with Gasteiger partial charge in [0.2, 0.25) is 0 Å². The molecule has 1 aliphatic heterocycles. The van der Waals surface area contributed by atoms with Crippen LogP contribution < -0.4 is 25.8 Å². The molecule has 8 heteroatoms. The smallest absolute Gasteiger partial charge is 0.332 e. The minimum absolute atomic E-state index is 0.00256. The molecule has 2 aromatic rings. The number of nitrogens with zero attached hydrogens (tertiary/aromatic N) is 5. The fourth-order valence-corrected chi connectivity index (χ4v) is 3.46. The van der Waals surface area contributed by atoms with Gasteiger partial charge in [0.25, 0.3) is 5.56 Å². The standard InChI is InChI=1S/C19H23N5O3/c1-4-27-16-8-6-5-7-15(16)23-9-11-24(12-10-23)17-14(13-20)18(25)22(3)19(26)21(17)2/h5-8H,4,9-12H2,1-3H3. The Morgan fingerprint density at radius 1 is 1.04 bits per heavy atom. The van der Waals surface area contributed by atoms with E-state index in [-0.39, 0.29) is 5.56 Å². The van der Waals surface area contributed by atoms with Crippen LogP contribution in [0.4, 0.5) is 11.5 Å². The second-order valence-electron chi connectivity index (χ2n) is 6.39. The molecule has 0 unspecified atom stereocenters. The van der Waals surface area contributed by atoms with Crippen LogP contribution in [-0.2, 0) is 14.1 Å². The summed E-state index contributed by atoms with van der Waals surface area (Å²) in [5, 5.41) is 9.46. The van der Waals surface area contributed by atoms with E-state index >= 15 is 0 Å².